The first-order valence-corrected chi connectivity index (χ1v) is 6.02. The summed E-state index contributed by atoms with van der Waals surface area (Å²) in [5, 5.41) is 6.74. The molecule has 0 amide bonds. The summed E-state index contributed by atoms with van der Waals surface area (Å²) in [6.07, 6.45) is 4.29. The van der Waals surface area contributed by atoms with E-state index in [1.807, 2.05) is 0 Å². The Hall–Kier alpha value is -1.43. The van der Waals surface area contributed by atoms with Gasteiger partial charge in [-0.2, -0.15) is 0 Å². The summed E-state index contributed by atoms with van der Waals surface area (Å²) in [5.74, 6) is 0.335. The number of carbonyl (C=O) groups excluding carboxylic acids is 1. The van der Waals surface area contributed by atoms with Crippen molar-refractivity contribution < 1.29 is 9.53 Å². The smallest absolute Gasteiger partial charge is 0.378 e. The number of nitrogens with two attached hydrogens (primary N) is 1. The maximum Gasteiger partial charge on any atom is 0.378 e. The molecule has 2 rings (SSSR count). The van der Waals surface area contributed by atoms with Crippen LogP contribution in [0.15, 0.2) is 0 Å². The standard InChI is InChI=1S/C11H18N4O2/c1-2-17-9(16)8-13-10(15-14-8)11(7-12)5-3-4-6-11/h2-7,12H2,1H3,(H,13,14,15). The second-order valence-corrected chi connectivity index (χ2v) is 4.42. The third kappa shape index (κ3) is 2.17. The number of aromatic amines is 1. The number of nitrogens with one attached hydrogen (secondary N) is 1. The van der Waals surface area contributed by atoms with Crippen LogP contribution in [0.3, 0.4) is 0 Å². The van der Waals surface area contributed by atoms with Crippen molar-refractivity contribution in [3.8, 4) is 0 Å². The van der Waals surface area contributed by atoms with E-state index < -0.39 is 5.97 Å². The summed E-state index contributed by atoms with van der Waals surface area (Å²) in [6, 6.07) is 0. The first-order chi connectivity index (χ1) is 8.22. The SMILES string of the molecule is CCOC(=O)c1n[nH]c(C2(CN)CCCC2)n1. The predicted octanol–water partition coefficient (Wildman–Crippen LogP) is 0.752. The summed E-state index contributed by atoms with van der Waals surface area (Å²) in [7, 11) is 0. The zero-order chi connectivity index (χ0) is 12.3. The zero-order valence-corrected chi connectivity index (χ0v) is 10.0. The van der Waals surface area contributed by atoms with Gasteiger partial charge in [0.05, 0.1) is 6.61 Å². The van der Waals surface area contributed by atoms with E-state index in [1.54, 1.807) is 6.92 Å². The van der Waals surface area contributed by atoms with Crippen LogP contribution in [0.2, 0.25) is 0 Å². The Balaban J connectivity index is 2.19. The van der Waals surface area contributed by atoms with Gasteiger partial charge in [-0.1, -0.05) is 12.8 Å². The van der Waals surface area contributed by atoms with Gasteiger partial charge in [0, 0.05) is 12.0 Å². The molecule has 94 valence electrons. The van der Waals surface area contributed by atoms with Gasteiger partial charge in [-0.05, 0) is 19.8 Å². The van der Waals surface area contributed by atoms with E-state index in [0.717, 1.165) is 31.5 Å². The third-order valence-corrected chi connectivity index (χ3v) is 3.40. The molecule has 0 atom stereocenters. The number of hydrogen-bond acceptors (Lipinski definition) is 5. The Bertz CT molecular complexity index is 396. The lowest BCUT2D eigenvalue weighted by Gasteiger charge is -2.23. The molecule has 1 aliphatic rings. The van der Waals surface area contributed by atoms with Crippen LogP contribution in [0.4, 0.5) is 0 Å². The minimum absolute atomic E-state index is 0.0987. The monoisotopic (exact) mass is 238 g/mol. The number of rotatable bonds is 4. The number of carbonyl (C=O) groups is 1. The van der Waals surface area contributed by atoms with E-state index in [4.69, 9.17) is 10.5 Å². The highest BCUT2D eigenvalue weighted by Gasteiger charge is 2.37. The highest BCUT2D eigenvalue weighted by molar-refractivity contribution is 5.84. The van der Waals surface area contributed by atoms with Gasteiger partial charge in [0.15, 0.2) is 0 Å². The number of H-pyrrole nitrogens is 1. The molecule has 17 heavy (non-hydrogen) atoms. The third-order valence-electron chi connectivity index (χ3n) is 3.40. The fourth-order valence-corrected chi connectivity index (χ4v) is 2.38. The van der Waals surface area contributed by atoms with Crippen LogP contribution in [0.5, 0.6) is 0 Å². The first kappa shape index (κ1) is 12.0. The summed E-state index contributed by atoms with van der Waals surface area (Å²) in [4.78, 5) is 15.7. The van der Waals surface area contributed by atoms with Crippen LogP contribution in [-0.2, 0) is 10.2 Å². The van der Waals surface area contributed by atoms with Crippen molar-refractivity contribution in [3.05, 3.63) is 11.6 Å². The van der Waals surface area contributed by atoms with Crippen molar-refractivity contribution in [2.24, 2.45) is 5.73 Å². The molecule has 1 aliphatic carbocycles. The van der Waals surface area contributed by atoms with Crippen molar-refractivity contribution in [1.82, 2.24) is 15.2 Å². The van der Waals surface area contributed by atoms with Gasteiger partial charge in [-0.25, -0.2) is 9.78 Å². The van der Waals surface area contributed by atoms with Crippen LogP contribution in [-0.4, -0.2) is 34.3 Å². The van der Waals surface area contributed by atoms with E-state index in [0.29, 0.717) is 13.2 Å². The van der Waals surface area contributed by atoms with Gasteiger partial charge >= 0.3 is 5.97 Å². The van der Waals surface area contributed by atoms with E-state index in [2.05, 4.69) is 15.2 Å². The van der Waals surface area contributed by atoms with Gasteiger partial charge < -0.3 is 10.5 Å². The van der Waals surface area contributed by atoms with Crippen LogP contribution >= 0.6 is 0 Å². The van der Waals surface area contributed by atoms with E-state index >= 15 is 0 Å². The lowest BCUT2D eigenvalue weighted by molar-refractivity contribution is 0.0512. The van der Waals surface area contributed by atoms with Gasteiger partial charge in [0.2, 0.25) is 0 Å². The first-order valence-electron chi connectivity index (χ1n) is 6.02. The van der Waals surface area contributed by atoms with Crippen LogP contribution < -0.4 is 5.73 Å². The van der Waals surface area contributed by atoms with Crippen molar-refractivity contribution in [2.45, 2.75) is 38.0 Å². The highest BCUT2D eigenvalue weighted by atomic mass is 16.5. The quantitative estimate of drug-likeness (QED) is 0.755. The average molecular weight is 238 g/mol. The molecular weight excluding hydrogens is 220 g/mol. The molecule has 1 heterocycles. The summed E-state index contributed by atoms with van der Waals surface area (Å²) in [5.41, 5.74) is 5.71. The van der Waals surface area contributed by atoms with Crippen LogP contribution in [0.1, 0.15) is 49.1 Å². The summed E-state index contributed by atoms with van der Waals surface area (Å²) in [6.45, 7) is 2.61. The molecule has 1 aromatic rings. The van der Waals surface area contributed by atoms with Gasteiger partial charge in [-0.15, -0.1) is 5.10 Å². The lowest BCUT2D eigenvalue weighted by atomic mass is 9.85. The van der Waals surface area contributed by atoms with Crippen molar-refractivity contribution in [1.29, 1.82) is 0 Å². The second-order valence-electron chi connectivity index (χ2n) is 4.42. The molecule has 1 aromatic heterocycles. The molecule has 6 heteroatoms. The maximum absolute atomic E-state index is 11.5. The topological polar surface area (TPSA) is 93.9 Å². The van der Waals surface area contributed by atoms with Gasteiger partial charge in [0.1, 0.15) is 5.82 Å². The molecule has 0 spiro atoms. The fourth-order valence-electron chi connectivity index (χ4n) is 2.38. The molecule has 0 unspecified atom stereocenters. The second kappa shape index (κ2) is 4.83. The van der Waals surface area contributed by atoms with Crippen molar-refractivity contribution >= 4 is 5.97 Å². The zero-order valence-electron chi connectivity index (χ0n) is 10.0. The minimum Gasteiger partial charge on any atom is -0.460 e. The molecule has 6 nitrogen and oxygen atoms in total. The molecule has 0 saturated heterocycles. The maximum atomic E-state index is 11.5. The summed E-state index contributed by atoms with van der Waals surface area (Å²) >= 11 is 0. The fraction of sp³-hybridized carbons (Fsp3) is 0.727. The lowest BCUT2D eigenvalue weighted by Crippen LogP contribution is -2.33. The van der Waals surface area contributed by atoms with Gasteiger partial charge in [0.25, 0.3) is 5.82 Å². The van der Waals surface area contributed by atoms with Crippen LogP contribution in [0.25, 0.3) is 0 Å². The Kier molecular flexibility index (Phi) is 3.42. The number of aromatic nitrogens is 3. The number of ether oxygens (including phenoxy) is 1. The van der Waals surface area contributed by atoms with E-state index in [9.17, 15) is 4.79 Å². The molecule has 0 radical (unpaired) electrons. The van der Waals surface area contributed by atoms with Crippen molar-refractivity contribution in [3.63, 3.8) is 0 Å². The molecule has 1 saturated carbocycles. The minimum atomic E-state index is -0.486. The molecule has 0 bridgehead atoms. The Labute approximate surface area is 99.9 Å². The molecule has 1 fully saturated rings. The highest BCUT2D eigenvalue weighted by Crippen LogP contribution is 2.38. The number of esters is 1. The van der Waals surface area contributed by atoms with Crippen molar-refractivity contribution in [2.75, 3.05) is 13.2 Å². The predicted molar refractivity (Wildman–Crippen MR) is 61.5 cm³/mol. The molecule has 0 aliphatic heterocycles. The normalized spacial score (nSPS) is 18.2. The Morgan fingerprint density at radius 1 is 1.53 bits per heavy atom. The molecular formula is C11H18N4O2. The van der Waals surface area contributed by atoms with E-state index in [1.165, 1.54) is 0 Å². The van der Waals surface area contributed by atoms with Crippen LogP contribution in [0, 0.1) is 0 Å². The molecule has 3 N–H and O–H groups in total. The Morgan fingerprint density at radius 3 is 2.82 bits per heavy atom. The number of hydrogen-bond donors (Lipinski definition) is 2. The van der Waals surface area contributed by atoms with Gasteiger partial charge in [-0.3, -0.25) is 5.10 Å². The Morgan fingerprint density at radius 2 is 2.24 bits per heavy atom. The number of nitrogens with zero attached hydrogens (tertiary/aromatic N) is 2. The average Bonchev–Trinajstić information content (AvgIpc) is 2.99. The largest absolute Gasteiger partial charge is 0.460 e. The van der Waals surface area contributed by atoms with E-state index in [-0.39, 0.29) is 11.2 Å². The summed E-state index contributed by atoms with van der Waals surface area (Å²) < 4.78 is 4.86. The molecule has 0 aromatic carbocycles.